The van der Waals surface area contributed by atoms with Gasteiger partial charge in [-0.25, -0.2) is 12.8 Å². The number of hydrogen-bond acceptors (Lipinski definition) is 4. The highest BCUT2D eigenvalue weighted by atomic mass is 32.2. The zero-order valence-corrected chi connectivity index (χ0v) is 11.1. The second-order valence-electron chi connectivity index (χ2n) is 4.64. The van der Waals surface area contributed by atoms with Gasteiger partial charge >= 0.3 is 0 Å². The van der Waals surface area contributed by atoms with E-state index in [1.165, 1.54) is 12.1 Å². The SMILES string of the molecule is CN(c1ccc(F)cc1CN)C1CCS(=O)(=O)C1. The van der Waals surface area contributed by atoms with Crippen molar-refractivity contribution in [2.45, 2.75) is 19.0 Å². The van der Waals surface area contributed by atoms with Gasteiger partial charge in [-0.2, -0.15) is 0 Å². The van der Waals surface area contributed by atoms with Crippen LogP contribution in [0, 0.1) is 5.82 Å². The highest BCUT2D eigenvalue weighted by molar-refractivity contribution is 7.91. The Labute approximate surface area is 107 Å². The van der Waals surface area contributed by atoms with Crippen molar-refractivity contribution in [1.29, 1.82) is 0 Å². The van der Waals surface area contributed by atoms with Crippen molar-refractivity contribution in [3.63, 3.8) is 0 Å². The molecule has 1 aliphatic rings. The molecule has 0 saturated carbocycles. The molecule has 1 fully saturated rings. The van der Waals surface area contributed by atoms with Crippen molar-refractivity contribution >= 4 is 15.5 Å². The molecule has 18 heavy (non-hydrogen) atoms. The molecule has 1 atom stereocenters. The van der Waals surface area contributed by atoms with Gasteiger partial charge in [0.25, 0.3) is 0 Å². The Morgan fingerprint density at radius 2 is 2.22 bits per heavy atom. The molecule has 1 saturated heterocycles. The molecule has 2 N–H and O–H groups in total. The molecular formula is C12H17FN2O2S. The molecule has 0 radical (unpaired) electrons. The summed E-state index contributed by atoms with van der Waals surface area (Å²) in [4.78, 5) is 1.90. The van der Waals surface area contributed by atoms with Crippen LogP contribution < -0.4 is 10.6 Å². The minimum absolute atomic E-state index is 0.0502. The lowest BCUT2D eigenvalue weighted by atomic mass is 10.1. The molecule has 1 unspecified atom stereocenters. The fourth-order valence-corrected chi connectivity index (χ4v) is 4.11. The summed E-state index contributed by atoms with van der Waals surface area (Å²) in [6.45, 7) is 0.233. The third-order valence-corrected chi connectivity index (χ3v) is 5.15. The second-order valence-corrected chi connectivity index (χ2v) is 6.87. The van der Waals surface area contributed by atoms with E-state index in [1.54, 1.807) is 6.07 Å². The van der Waals surface area contributed by atoms with Gasteiger partial charge in [0, 0.05) is 25.3 Å². The van der Waals surface area contributed by atoms with Crippen LogP contribution in [-0.4, -0.2) is 33.0 Å². The van der Waals surface area contributed by atoms with Gasteiger partial charge < -0.3 is 10.6 Å². The van der Waals surface area contributed by atoms with Gasteiger partial charge in [-0.1, -0.05) is 0 Å². The average Bonchev–Trinajstić information content (AvgIpc) is 2.68. The Bertz CT molecular complexity index is 545. The van der Waals surface area contributed by atoms with Gasteiger partial charge in [0.15, 0.2) is 9.84 Å². The highest BCUT2D eigenvalue weighted by Crippen LogP contribution is 2.26. The van der Waals surface area contributed by atoms with Gasteiger partial charge in [0.1, 0.15) is 5.82 Å². The summed E-state index contributed by atoms with van der Waals surface area (Å²) in [5.74, 6) is 0.0538. The van der Waals surface area contributed by atoms with E-state index in [1.807, 2.05) is 11.9 Å². The van der Waals surface area contributed by atoms with E-state index in [9.17, 15) is 12.8 Å². The van der Waals surface area contributed by atoms with E-state index < -0.39 is 9.84 Å². The van der Waals surface area contributed by atoms with Gasteiger partial charge in [-0.05, 0) is 30.2 Å². The van der Waals surface area contributed by atoms with Crippen molar-refractivity contribution in [2.24, 2.45) is 5.73 Å². The van der Waals surface area contributed by atoms with Crippen LogP contribution in [0.15, 0.2) is 18.2 Å². The van der Waals surface area contributed by atoms with Crippen LogP contribution in [-0.2, 0) is 16.4 Å². The third-order valence-electron chi connectivity index (χ3n) is 3.40. The molecule has 100 valence electrons. The Morgan fingerprint density at radius 3 is 2.78 bits per heavy atom. The van der Waals surface area contributed by atoms with Crippen molar-refractivity contribution in [3.8, 4) is 0 Å². The number of anilines is 1. The Balaban J connectivity index is 2.26. The minimum Gasteiger partial charge on any atom is -0.370 e. The van der Waals surface area contributed by atoms with Crippen LogP contribution in [0.4, 0.5) is 10.1 Å². The third kappa shape index (κ3) is 2.64. The number of nitrogens with zero attached hydrogens (tertiary/aromatic N) is 1. The van der Waals surface area contributed by atoms with Gasteiger partial charge in [-0.3, -0.25) is 0 Å². The van der Waals surface area contributed by atoms with Crippen LogP contribution in [0.2, 0.25) is 0 Å². The molecule has 1 heterocycles. The molecule has 6 heteroatoms. The fourth-order valence-electron chi connectivity index (χ4n) is 2.34. The Morgan fingerprint density at radius 1 is 1.50 bits per heavy atom. The monoisotopic (exact) mass is 272 g/mol. The van der Waals surface area contributed by atoms with Gasteiger partial charge in [0.2, 0.25) is 0 Å². The lowest BCUT2D eigenvalue weighted by molar-refractivity contribution is 0.600. The first-order valence-corrected chi connectivity index (χ1v) is 7.67. The van der Waals surface area contributed by atoms with E-state index in [2.05, 4.69) is 0 Å². The van der Waals surface area contributed by atoms with Gasteiger partial charge in [-0.15, -0.1) is 0 Å². The first-order valence-electron chi connectivity index (χ1n) is 5.85. The summed E-state index contributed by atoms with van der Waals surface area (Å²) >= 11 is 0. The maximum atomic E-state index is 13.1. The van der Waals surface area contributed by atoms with E-state index in [0.717, 1.165) is 5.69 Å². The predicted octanol–water partition coefficient (Wildman–Crippen LogP) is 0.908. The topological polar surface area (TPSA) is 63.4 Å². The molecule has 2 rings (SSSR count). The Kier molecular flexibility index (Phi) is 3.59. The molecule has 0 bridgehead atoms. The number of hydrogen-bond donors (Lipinski definition) is 1. The first-order chi connectivity index (χ1) is 8.43. The molecular weight excluding hydrogens is 255 g/mol. The summed E-state index contributed by atoms with van der Waals surface area (Å²) in [5, 5.41) is 0. The van der Waals surface area contributed by atoms with Crippen molar-refractivity contribution in [3.05, 3.63) is 29.6 Å². The summed E-state index contributed by atoms with van der Waals surface area (Å²) in [5.41, 5.74) is 7.10. The molecule has 4 nitrogen and oxygen atoms in total. The molecule has 0 aliphatic carbocycles. The normalized spacial score (nSPS) is 22.1. The largest absolute Gasteiger partial charge is 0.370 e. The van der Waals surface area contributed by atoms with E-state index >= 15 is 0 Å². The summed E-state index contributed by atoms with van der Waals surface area (Å²) in [6, 6.07) is 4.37. The van der Waals surface area contributed by atoms with E-state index in [0.29, 0.717) is 12.0 Å². The van der Waals surface area contributed by atoms with Crippen LogP contribution in [0.1, 0.15) is 12.0 Å². The molecule has 1 aliphatic heterocycles. The summed E-state index contributed by atoms with van der Waals surface area (Å²) in [7, 11) is -1.09. The van der Waals surface area contributed by atoms with E-state index in [4.69, 9.17) is 5.73 Å². The molecule has 0 aromatic heterocycles. The van der Waals surface area contributed by atoms with Crippen molar-refractivity contribution < 1.29 is 12.8 Å². The van der Waals surface area contributed by atoms with Gasteiger partial charge in [0.05, 0.1) is 11.5 Å². The second kappa shape index (κ2) is 4.85. The zero-order chi connectivity index (χ0) is 13.3. The zero-order valence-electron chi connectivity index (χ0n) is 10.3. The minimum atomic E-state index is -2.92. The number of halogens is 1. The quantitative estimate of drug-likeness (QED) is 0.888. The molecule has 1 aromatic carbocycles. The maximum Gasteiger partial charge on any atom is 0.152 e. The smallest absolute Gasteiger partial charge is 0.152 e. The van der Waals surface area contributed by atoms with Crippen LogP contribution in [0.5, 0.6) is 0 Å². The average molecular weight is 272 g/mol. The maximum absolute atomic E-state index is 13.1. The number of rotatable bonds is 3. The molecule has 0 amide bonds. The lowest BCUT2D eigenvalue weighted by Crippen LogP contribution is -2.33. The predicted molar refractivity (Wildman–Crippen MR) is 69.8 cm³/mol. The van der Waals surface area contributed by atoms with Crippen molar-refractivity contribution in [1.82, 2.24) is 0 Å². The molecule has 1 aromatic rings. The lowest BCUT2D eigenvalue weighted by Gasteiger charge is -2.27. The Hall–Kier alpha value is -1.14. The van der Waals surface area contributed by atoms with Crippen LogP contribution >= 0.6 is 0 Å². The number of nitrogens with two attached hydrogens (primary N) is 1. The first kappa shape index (κ1) is 13.3. The summed E-state index contributed by atoms with van der Waals surface area (Å²) in [6.07, 6.45) is 0.611. The number of benzene rings is 1. The standard InChI is InChI=1S/C12H17FN2O2S/c1-15(11-4-5-18(16,17)8-11)12-3-2-10(13)6-9(12)7-14/h2-3,6,11H,4-5,7-8,14H2,1H3. The fraction of sp³-hybridized carbons (Fsp3) is 0.500. The van der Waals surface area contributed by atoms with Crippen molar-refractivity contribution in [2.75, 3.05) is 23.5 Å². The highest BCUT2D eigenvalue weighted by Gasteiger charge is 2.31. The van der Waals surface area contributed by atoms with Crippen LogP contribution in [0.25, 0.3) is 0 Å². The van der Waals surface area contributed by atoms with E-state index in [-0.39, 0.29) is 29.9 Å². The number of sulfone groups is 1. The molecule has 0 spiro atoms. The van der Waals surface area contributed by atoms with Crippen LogP contribution in [0.3, 0.4) is 0 Å². The summed E-state index contributed by atoms with van der Waals surface area (Å²) < 4.78 is 36.1.